The molecule has 0 bridgehead atoms. The Morgan fingerprint density at radius 1 is 1.33 bits per heavy atom. The second-order valence-electron chi connectivity index (χ2n) is 3.81. The molecular formula is C10H22N2. The molecule has 2 heteroatoms. The third-order valence-corrected chi connectivity index (χ3v) is 2.97. The maximum atomic E-state index is 5.49. The highest BCUT2D eigenvalue weighted by atomic mass is 15.1. The summed E-state index contributed by atoms with van der Waals surface area (Å²) >= 11 is 0. The van der Waals surface area contributed by atoms with Gasteiger partial charge < -0.3 is 10.6 Å². The molecule has 1 fully saturated rings. The van der Waals surface area contributed by atoms with Crippen molar-refractivity contribution in [2.75, 3.05) is 26.2 Å². The largest absolute Gasteiger partial charge is 0.330 e. The summed E-state index contributed by atoms with van der Waals surface area (Å²) in [7, 11) is 0. The van der Waals surface area contributed by atoms with Crippen molar-refractivity contribution in [3.8, 4) is 0 Å². The molecule has 0 saturated carbocycles. The molecule has 2 N–H and O–H groups in total. The molecule has 12 heavy (non-hydrogen) atoms. The van der Waals surface area contributed by atoms with Crippen LogP contribution in [0.1, 0.15) is 32.6 Å². The summed E-state index contributed by atoms with van der Waals surface area (Å²) in [5.74, 6) is 0.969. The van der Waals surface area contributed by atoms with Gasteiger partial charge in [-0.25, -0.2) is 0 Å². The van der Waals surface area contributed by atoms with Crippen LogP contribution in [0.15, 0.2) is 0 Å². The Morgan fingerprint density at radius 3 is 2.50 bits per heavy atom. The van der Waals surface area contributed by atoms with E-state index in [-0.39, 0.29) is 0 Å². The second kappa shape index (κ2) is 5.55. The molecule has 0 atom stereocenters. The van der Waals surface area contributed by atoms with Gasteiger partial charge in [-0.15, -0.1) is 0 Å². The van der Waals surface area contributed by atoms with Crippen LogP contribution in [0.5, 0.6) is 0 Å². The van der Waals surface area contributed by atoms with Crippen LogP contribution in [0, 0.1) is 5.92 Å². The van der Waals surface area contributed by atoms with Gasteiger partial charge >= 0.3 is 0 Å². The number of nitrogens with zero attached hydrogens (tertiary/aromatic N) is 1. The fourth-order valence-corrected chi connectivity index (χ4v) is 2.00. The first-order valence-corrected chi connectivity index (χ1v) is 5.29. The molecule has 1 heterocycles. The number of likely N-dealkylation sites (tertiary alicyclic amines) is 1. The van der Waals surface area contributed by atoms with E-state index in [9.17, 15) is 0 Å². The number of nitrogens with two attached hydrogens (primary N) is 1. The molecule has 0 radical (unpaired) electrons. The van der Waals surface area contributed by atoms with Crippen molar-refractivity contribution in [1.29, 1.82) is 0 Å². The van der Waals surface area contributed by atoms with Crippen LogP contribution in [-0.4, -0.2) is 31.1 Å². The Bertz CT molecular complexity index is 106. The topological polar surface area (TPSA) is 29.3 Å². The van der Waals surface area contributed by atoms with Gasteiger partial charge in [-0.2, -0.15) is 0 Å². The van der Waals surface area contributed by atoms with E-state index in [0.29, 0.717) is 0 Å². The average Bonchev–Trinajstić information content (AvgIpc) is 2.15. The molecule has 72 valence electrons. The van der Waals surface area contributed by atoms with E-state index < -0.39 is 0 Å². The molecule has 0 aliphatic carbocycles. The van der Waals surface area contributed by atoms with Gasteiger partial charge in [-0.3, -0.25) is 0 Å². The van der Waals surface area contributed by atoms with E-state index in [1.165, 1.54) is 45.3 Å². The van der Waals surface area contributed by atoms with E-state index in [2.05, 4.69) is 11.8 Å². The van der Waals surface area contributed by atoms with Crippen LogP contribution in [0.2, 0.25) is 0 Å². The highest BCUT2D eigenvalue weighted by Crippen LogP contribution is 2.20. The van der Waals surface area contributed by atoms with Crippen molar-refractivity contribution < 1.29 is 0 Å². The maximum absolute atomic E-state index is 5.49. The number of hydrogen-bond donors (Lipinski definition) is 1. The fraction of sp³-hybridized carbons (Fsp3) is 1.00. The predicted octanol–water partition coefficient (Wildman–Crippen LogP) is 1.46. The Kier molecular flexibility index (Phi) is 4.62. The zero-order valence-electron chi connectivity index (χ0n) is 8.26. The highest BCUT2D eigenvalue weighted by molar-refractivity contribution is 4.71. The van der Waals surface area contributed by atoms with Crippen molar-refractivity contribution in [3.63, 3.8) is 0 Å². The van der Waals surface area contributed by atoms with Crippen molar-refractivity contribution in [1.82, 2.24) is 4.90 Å². The van der Waals surface area contributed by atoms with Crippen LogP contribution < -0.4 is 5.73 Å². The third kappa shape index (κ3) is 3.11. The normalized spacial score (nSPS) is 21.5. The maximum Gasteiger partial charge on any atom is -0.00162 e. The standard InChI is InChI=1S/C10H22N2/c1-2-12-8-5-10(6-9-12)4-3-7-11/h10H,2-9,11H2,1H3. The summed E-state index contributed by atoms with van der Waals surface area (Å²) in [5.41, 5.74) is 5.49. The predicted molar refractivity (Wildman–Crippen MR) is 53.1 cm³/mol. The smallest absolute Gasteiger partial charge is 0.00162 e. The van der Waals surface area contributed by atoms with Crippen LogP contribution in [0.3, 0.4) is 0 Å². The molecule has 0 aromatic heterocycles. The summed E-state index contributed by atoms with van der Waals surface area (Å²) in [5, 5.41) is 0. The van der Waals surface area contributed by atoms with E-state index in [1.54, 1.807) is 0 Å². The third-order valence-electron chi connectivity index (χ3n) is 2.97. The molecule has 2 nitrogen and oxygen atoms in total. The minimum Gasteiger partial charge on any atom is -0.330 e. The Labute approximate surface area is 76.1 Å². The van der Waals surface area contributed by atoms with Crippen LogP contribution >= 0.6 is 0 Å². The first-order valence-electron chi connectivity index (χ1n) is 5.29. The zero-order chi connectivity index (χ0) is 8.81. The number of rotatable bonds is 4. The summed E-state index contributed by atoms with van der Waals surface area (Å²) < 4.78 is 0. The Morgan fingerprint density at radius 2 is 2.00 bits per heavy atom. The summed E-state index contributed by atoms with van der Waals surface area (Å²) in [4.78, 5) is 2.54. The molecule has 0 aromatic rings. The van der Waals surface area contributed by atoms with Crippen molar-refractivity contribution in [2.45, 2.75) is 32.6 Å². The Hall–Kier alpha value is -0.0800. The van der Waals surface area contributed by atoms with Crippen molar-refractivity contribution >= 4 is 0 Å². The van der Waals surface area contributed by atoms with Gasteiger partial charge in [0, 0.05) is 0 Å². The van der Waals surface area contributed by atoms with Gasteiger partial charge in [0.15, 0.2) is 0 Å². The number of hydrogen-bond acceptors (Lipinski definition) is 2. The Balaban J connectivity index is 2.09. The molecule has 1 aliphatic heterocycles. The molecule has 1 saturated heterocycles. The minimum absolute atomic E-state index is 0.869. The summed E-state index contributed by atoms with van der Waals surface area (Å²) in [6.07, 6.45) is 5.37. The van der Waals surface area contributed by atoms with Gasteiger partial charge in [0.1, 0.15) is 0 Å². The molecule has 1 aliphatic rings. The van der Waals surface area contributed by atoms with Gasteiger partial charge in [0.25, 0.3) is 0 Å². The van der Waals surface area contributed by atoms with Crippen LogP contribution in [-0.2, 0) is 0 Å². The molecule has 0 amide bonds. The first-order chi connectivity index (χ1) is 5.86. The van der Waals surface area contributed by atoms with E-state index in [0.717, 1.165) is 12.5 Å². The molecule has 0 unspecified atom stereocenters. The average molecular weight is 170 g/mol. The van der Waals surface area contributed by atoms with Crippen molar-refractivity contribution in [2.24, 2.45) is 11.7 Å². The van der Waals surface area contributed by atoms with Gasteiger partial charge in [-0.1, -0.05) is 6.92 Å². The highest BCUT2D eigenvalue weighted by Gasteiger charge is 2.16. The molecule has 0 spiro atoms. The first kappa shape index (κ1) is 10.0. The SMILES string of the molecule is CCN1CCC(CCCN)CC1. The van der Waals surface area contributed by atoms with Crippen molar-refractivity contribution in [3.05, 3.63) is 0 Å². The van der Waals surface area contributed by atoms with Crippen LogP contribution in [0.4, 0.5) is 0 Å². The summed E-state index contributed by atoms with van der Waals surface area (Å²) in [6.45, 7) is 6.97. The molecular weight excluding hydrogens is 148 g/mol. The monoisotopic (exact) mass is 170 g/mol. The van der Waals surface area contributed by atoms with Crippen LogP contribution in [0.25, 0.3) is 0 Å². The lowest BCUT2D eigenvalue weighted by Crippen LogP contribution is -2.33. The van der Waals surface area contributed by atoms with Gasteiger partial charge in [0.2, 0.25) is 0 Å². The second-order valence-corrected chi connectivity index (χ2v) is 3.81. The van der Waals surface area contributed by atoms with E-state index in [4.69, 9.17) is 5.73 Å². The van der Waals surface area contributed by atoms with E-state index >= 15 is 0 Å². The number of piperidine rings is 1. The van der Waals surface area contributed by atoms with Gasteiger partial charge in [0.05, 0.1) is 0 Å². The van der Waals surface area contributed by atoms with E-state index in [1.807, 2.05) is 0 Å². The zero-order valence-corrected chi connectivity index (χ0v) is 8.26. The summed E-state index contributed by atoms with van der Waals surface area (Å²) in [6, 6.07) is 0. The molecule has 1 rings (SSSR count). The molecule has 0 aromatic carbocycles. The van der Waals surface area contributed by atoms with Gasteiger partial charge in [-0.05, 0) is 57.8 Å². The minimum atomic E-state index is 0.869. The lowest BCUT2D eigenvalue weighted by molar-refractivity contribution is 0.186. The fourth-order valence-electron chi connectivity index (χ4n) is 2.00. The lowest BCUT2D eigenvalue weighted by Gasteiger charge is -2.30. The lowest BCUT2D eigenvalue weighted by atomic mass is 9.92. The quantitative estimate of drug-likeness (QED) is 0.692.